The van der Waals surface area contributed by atoms with Gasteiger partial charge in [0.15, 0.2) is 11.6 Å². The van der Waals surface area contributed by atoms with Gasteiger partial charge in [0.1, 0.15) is 17.0 Å². The quantitative estimate of drug-likeness (QED) is 0.167. The minimum atomic E-state index is 0.0147. The lowest BCUT2D eigenvalue weighted by atomic mass is 9.85. The summed E-state index contributed by atoms with van der Waals surface area (Å²) in [7, 11) is 0. The van der Waals surface area contributed by atoms with Crippen molar-refractivity contribution in [1.82, 2.24) is 15.0 Å². The highest BCUT2D eigenvalue weighted by Gasteiger charge is 2.28. The highest BCUT2D eigenvalue weighted by atomic mass is 32.1. The van der Waals surface area contributed by atoms with Gasteiger partial charge in [-0.3, -0.25) is 0 Å². The van der Waals surface area contributed by atoms with Gasteiger partial charge in [0.25, 0.3) is 0 Å². The van der Waals surface area contributed by atoms with Gasteiger partial charge in [0, 0.05) is 43.1 Å². The molecule has 5 heteroatoms. The molecule has 0 bridgehead atoms. The number of para-hydroxylation sites is 1. The summed E-state index contributed by atoms with van der Waals surface area (Å²) in [4.78, 5) is 19.0. The van der Waals surface area contributed by atoms with Crippen LogP contribution in [0.4, 0.5) is 0 Å². The maximum Gasteiger partial charge on any atom is 0.163 e. The van der Waals surface area contributed by atoms with Crippen LogP contribution in [-0.2, 0) is 19.3 Å². The topological polar surface area (TPSA) is 51.8 Å². The number of hydrogen-bond acceptors (Lipinski definition) is 5. The lowest BCUT2D eigenvalue weighted by Crippen LogP contribution is -2.11. The molecule has 2 atom stereocenters. The van der Waals surface area contributed by atoms with Crippen LogP contribution in [0.5, 0.6) is 0 Å². The number of hydrogen-bond donors (Lipinski definition) is 0. The molecule has 3 aliphatic rings. The van der Waals surface area contributed by atoms with Gasteiger partial charge in [-0.2, -0.15) is 0 Å². The van der Waals surface area contributed by atoms with E-state index >= 15 is 0 Å². The zero-order chi connectivity index (χ0) is 43.0. The fourth-order valence-corrected chi connectivity index (χ4v) is 11.8. The molecule has 4 nitrogen and oxygen atoms in total. The predicted octanol–water partition coefficient (Wildman–Crippen LogP) is 15.8. The zero-order valence-corrected chi connectivity index (χ0v) is 36.8. The van der Waals surface area contributed by atoms with Crippen LogP contribution in [0, 0.1) is 5.92 Å². The van der Waals surface area contributed by atoms with E-state index in [1.165, 1.54) is 53.9 Å². The third kappa shape index (κ3) is 6.60. The van der Waals surface area contributed by atoms with Crippen molar-refractivity contribution in [2.24, 2.45) is 5.92 Å². The van der Waals surface area contributed by atoms with Gasteiger partial charge in [-0.05, 0) is 123 Å². The largest absolute Gasteiger partial charge is 0.455 e. The number of nitrogens with zero attached hydrogens (tertiary/aromatic N) is 3. The summed E-state index contributed by atoms with van der Waals surface area (Å²) in [5, 5.41) is 4.71. The molecule has 7 aromatic carbocycles. The van der Waals surface area contributed by atoms with Crippen molar-refractivity contribution in [1.29, 1.82) is 0 Å². The van der Waals surface area contributed by atoms with Crippen LogP contribution in [0.2, 0.25) is 0 Å². The molecule has 13 rings (SSSR count). The summed E-state index contributed by atoms with van der Waals surface area (Å²) in [5.74, 6) is 2.74. The average molecular weight is 854 g/mol. The summed E-state index contributed by atoms with van der Waals surface area (Å²) in [5.41, 5.74) is 15.9. The van der Waals surface area contributed by atoms with E-state index in [4.69, 9.17) is 19.4 Å². The normalized spacial score (nSPS) is 16.3. The van der Waals surface area contributed by atoms with E-state index in [9.17, 15) is 0 Å². The van der Waals surface area contributed by atoms with Crippen molar-refractivity contribution in [3.63, 3.8) is 0 Å². The van der Waals surface area contributed by atoms with Crippen LogP contribution >= 0.6 is 11.3 Å². The Morgan fingerprint density at radius 1 is 0.554 bits per heavy atom. The van der Waals surface area contributed by atoms with Crippen molar-refractivity contribution < 1.29 is 4.42 Å². The van der Waals surface area contributed by atoms with Crippen molar-refractivity contribution >= 4 is 62.3 Å². The molecule has 310 valence electrons. The predicted molar refractivity (Wildman–Crippen MR) is 271 cm³/mol. The van der Waals surface area contributed by atoms with Crippen molar-refractivity contribution in [3.05, 3.63) is 202 Å². The van der Waals surface area contributed by atoms with Crippen molar-refractivity contribution in [2.75, 3.05) is 0 Å². The van der Waals surface area contributed by atoms with E-state index in [0.717, 1.165) is 86.8 Å². The maximum absolute atomic E-state index is 6.76. The average Bonchev–Trinajstić information content (AvgIpc) is 3.94. The Morgan fingerprint density at radius 2 is 1.28 bits per heavy atom. The molecule has 0 N–H and O–H groups in total. The van der Waals surface area contributed by atoms with Crippen LogP contribution in [0.3, 0.4) is 0 Å². The van der Waals surface area contributed by atoms with Crippen LogP contribution in [-0.4, -0.2) is 15.0 Å². The molecule has 3 aliphatic carbocycles. The molecule has 0 amide bonds. The molecule has 10 aromatic rings. The summed E-state index contributed by atoms with van der Waals surface area (Å²) in [6, 6.07) is 52.1. The van der Waals surface area contributed by atoms with E-state index in [1.807, 2.05) is 11.3 Å². The Bertz CT molecular complexity index is 3630. The maximum atomic E-state index is 6.76. The standard InChI is InChI=1S/C60H43N3OS/c1-36-19-27-48-49-28-26-44(35-55(49)65-54(48)31-36)59-61-58(40-23-20-38(21-24-40)42-25-22-37-11-5-6-14-41(37)32-42)62-60(63-59)45-33-43-15-7-8-16-46(43)52(34-45)50-30-29-47(39-12-3-2-4-13-39)57-56(50)51-17-9-10-18-53(51)64-57/h2-7,9-15,17-30,32-34,36,44H,8,16,31,35H2,1H3. The second kappa shape index (κ2) is 15.4. The first-order chi connectivity index (χ1) is 32.1. The van der Waals surface area contributed by atoms with Crippen molar-refractivity contribution in [2.45, 2.75) is 38.5 Å². The molecule has 65 heavy (non-hydrogen) atoms. The zero-order valence-electron chi connectivity index (χ0n) is 36.0. The minimum Gasteiger partial charge on any atom is -0.455 e. The molecule has 0 aliphatic heterocycles. The molecule has 2 unspecified atom stereocenters. The summed E-state index contributed by atoms with van der Waals surface area (Å²) in [6.07, 6.45) is 17.8. The number of aromatic nitrogens is 3. The van der Waals surface area contributed by atoms with Crippen LogP contribution in [0.15, 0.2) is 168 Å². The number of benzene rings is 7. The van der Waals surface area contributed by atoms with Crippen LogP contribution < -0.4 is 0 Å². The number of furan rings is 1. The highest BCUT2D eigenvalue weighted by molar-refractivity contribution is 7.12. The molecule has 0 saturated carbocycles. The van der Waals surface area contributed by atoms with Crippen LogP contribution in [0.25, 0.3) is 107 Å². The van der Waals surface area contributed by atoms with Gasteiger partial charge in [-0.25, -0.2) is 15.0 Å². The summed E-state index contributed by atoms with van der Waals surface area (Å²) < 4.78 is 6.76. The molecule has 0 radical (unpaired) electrons. The van der Waals surface area contributed by atoms with Gasteiger partial charge in [0.2, 0.25) is 0 Å². The Balaban J connectivity index is 0.972. The molecule has 0 spiro atoms. The van der Waals surface area contributed by atoms with E-state index in [-0.39, 0.29) is 5.92 Å². The van der Waals surface area contributed by atoms with Gasteiger partial charge >= 0.3 is 0 Å². The first-order valence-electron chi connectivity index (χ1n) is 22.8. The molecule has 0 saturated heterocycles. The van der Waals surface area contributed by atoms with Gasteiger partial charge in [-0.1, -0.05) is 159 Å². The molecule has 0 fully saturated rings. The second-order valence-electron chi connectivity index (χ2n) is 17.8. The number of fused-ring (bicyclic) bond motifs is 8. The van der Waals surface area contributed by atoms with Gasteiger partial charge in [-0.15, -0.1) is 11.3 Å². The third-order valence-corrected chi connectivity index (χ3v) is 14.9. The van der Waals surface area contributed by atoms with Crippen molar-refractivity contribution in [3.8, 4) is 56.2 Å². The fourth-order valence-electron chi connectivity index (χ4n) is 10.3. The minimum absolute atomic E-state index is 0.0147. The molecule has 3 aromatic heterocycles. The molecule has 3 heterocycles. The number of rotatable bonds is 6. The first kappa shape index (κ1) is 38.0. The Labute approximate surface area is 382 Å². The Morgan fingerprint density at radius 3 is 2.15 bits per heavy atom. The SMILES string of the molecule is CC1C=Cc2c(sc3c2C=CC(c2nc(-c4ccc(-c5ccc6ccccc6c5)cc4)nc(-c4cc5c(c(-c6ccc(-c7ccccc7)c7oc8ccccc8c67)c4)CCC=C5)n2)C3)C1. The fraction of sp³-hybridized carbons (Fsp3) is 0.117. The smallest absolute Gasteiger partial charge is 0.163 e. The Kier molecular flexibility index (Phi) is 8.99. The number of allylic oxidation sites excluding steroid dienone is 3. The van der Waals surface area contributed by atoms with E-state index in [2.05, 4.69) is 189 Å². The van der Waals surface area contributed by atoms with Crippen LogP contribution in [0.1, 0.15) is 57.1 Å². The summed E-state index contributed by atoms with van der Waals surface area (Å²) in [6.45, 7) is 2.31. The Hall–Kier alpha value is -7.47. The van der Waals surface area contributed by atoms with E-state index in [0.29, 0.717) is 17.6 Å². The highest BCUT2D eigenvalue weighted by Crippen LogP contribution is 2.46. The second-order valence-corrected chi connectivity index (χ2v) is 19.0. The lowest BCUT2D eigenvalue weighted by molar-refractivity contribution is 0.670. The third-order valence-electron chi connectivity index (χ3n) is 13.6. The van der Waals surface area contributed by atoms with E-state index < -0.39 is 0 Å². The lowest BCUT2D eigenvalue weighted by Gasteiger charge is -2.20. The van der Waals surface area contributed by atoms with Gasteiger partial charge < -0.3 is 4.42 Å². The van der Waals surface area contributed by atoms with Gasteiger partial charge in [0.05, 0.1) is 0 Å². The molecular formula is C60H43N3OS. The van der Waals surface area contributed by atoms with E-state index in [1.54, 1.807) is 0 Å². The number of thiophene rings is 1. The molecular weight excluding hydrogens is 811 g/mol. The monoisotopic (exact) mass is 853 g/mol. The summed E-state index contributed by atoms with van der Waals surface area (Å²) >= 11 is 1.97. The first-order valence-corrected chi connectivity index (χ1v) is 23.6.